The summed E-state index contributed by atoms with van der Waals surface area (Å²) in [5.41, 5.74) is -0.501. The molecule has 0 bridgehead atoms. The third-order valence-corrected chi connectivity index (χ3v) is 3.20. The summed E-state index contributed by atoms with van der Waals surface area (Å²) in [4.78, 5) is 23.4. The van der Waals surface area contributed by atoms with Crippen LogP contribution in [0, 0.1) is 15.9 Å². The van der Waals surface area contributed by atoms with Crippen molar-refractivity contribution in [3.05, 3.63) is 39.7 Å². The first-order valence-electron chi connectivity index (χ1n) is 6.13. The van der Waals surface area contributed by atoms with Gasteiger partial charge in [0.05, 0.1) is 4.92 Å². The zero-order valence-electron chi connectivity index (χ0n) is 11.2. The molecule has 0 N–H and O–H groups in total. The topological polar surface area (TPSA) is 63.5 Å². The molecule has 0 spiro atoms. The highest BCUT2D eigenvalue weighted by molar-refractivity contribution is 5.94. The molecule has 0 aromatic heterocycles. The molecule has 0 aliphatic rings. The summed E-state index contributed by atoms with van der Waals surface area (Å²) in [6.07, 6.45) is 1.60. The second kappa shape index (κ2) is 6.26. The first-order chi connectivity index (χ1) is 8.92. The van der Waals surface area contributed by atoms with E-state index in [1.807, 2.05) is 13.8 Å². The van der Waals surface area contributed by atoms with E-state index in [1.165, 1.54) is 6.07 Å². The van der Waals surface area contributed by atoms with Crippen LogP contribution in [0.15, 0.2) is 18.2 Å². The molecule has 0 saturated carbocycles. The van der Waals surface area contributed by atoms with Crippen LogP contribution in [-0.4, -0.2) is 28.8 Å². The number of carbonyl (C=O) groups is 1. The molecule has 6 heteroatoms. The van der Waals surface area contributed by atoms with Gasteiger partial charge in [0.15, 0.2) is 0 Å². The number of carbonyl (C=O) groups excluding carboxylic acids is 1. The zero-order valence-corrected chi connectivity index (χ0v) is 11.2. The molecular weight excluding hydrogens is 251 g/mol. The fourth-order valence-electron chi connectivity index (χ4n) is 1.99. The summed E-state index contributed by atoms with van der Waals surface area (Å²) < 4.78 is 13.5. The van der Waals surface area contributed by atoms with Crippen molar-refractivity contribution in [1.29, 1.82) is 0 Å². The quantitative estimate of drug-likeness (QED) is 0.609. The Morgan fingerprint density at radius 3 is 2.42 bits per heavy atom. The van der Waals surface area contributed by atoms with E-state index in [0.717, 1.165) is 25.0 Å². The molecular formula is C13H17FN2O3. The largest absolute Gasteiger partial charge is 0.339 e. The molecule has 0 aliphatic heterocycles. The van der Waals surface area contributed by atoms with Crippen LogP contribution in [-0.2, 0) is 0 Å². The molecule has 1 aromatic rings. The van der Waals surface area contributed by atoms with Crippen molar-refractivity contribution in [3.63, 3.8) is 0 Å². The van der Waals surface area contributed by atoms with Gasteiger partial charge in [0, 0.05) is 24.7 Å². The average Bonchev–Trinajstić information content (AvgIpc) is 2.38. The maximum absolute atomic E-state index is 13.5. The highest BCUT2D eigenvalue weighted by atomic mass is 19.1. The molecule has 0 fully saturated rings. The van der Waals surface area contributed by atoms with E-state index in [9.17, 15) is 19.3 Å². The number of benzene rings is 1. The van der Waals surface area contributed by atoms with Crippen molar-refractivity contribution in [2.75, 3.05) is 7.05 Å². The third-order valence-electron chi connectivity index (χ3n) is 3.20. The maximum atomic E-state index is 13.5. The SMILES string of the molecule is CCC(CC)N(C)C(=O)c1ccc([N+](=O)[O-])c(F)c1. The molecule has 0 aliphatic carbocycles. The van der Waals surface area contributed by atoms with Crippen LogP contribution in [0.1, 0.15) is 37.0 Å². The minimum Gasteiger partial charge on any atom is -0.339 e. The summed E-state index contributed by atoms with van der Waals surface area (Å²) in [7, 11) is 1.65. The van der Waals surface area contributed by atoms with E-state index in [1.54, 1.807) is 11.9 Å². The lowest BCUT2D eigenvalue weighted by Gasteiger charge is -2.26. The predicted octanol–water partition coefficient (Wildman–Crippen LogP) is 2.99. The monoisotopic (exact) mass is 268 g/mol. The minimum atomic E-state index is -0.992. The van der Waals surface area contributed by atoms with Gasteiger partial charge in [-0.1, -0.05) is 13.8 Å². The van der Waals surface area contributed by atoms with Crippen molar-refractivity contribution in [2.45, 2.75) is 32.7 Å². The van der Waals surface area contributed by atoms with E-state index in [0.29, 0.717) is 0 Å². The lowest BCUT2D eigenvalue weighted by molar-refractivity contribution is -0.387. The number of amides is 1. The van der Waals surface area contributed by atoms with Crippen molar-refractivity contribution >= 4 is 11.6 Å². The number of nitrogens with zero attached hydrogens (tertiary/aromatic N) is 2. The van der Waals surface area contributed by atoms with E-state index in [-0.39, 0.29) is 17.5 Å². The van der Waals surface area contributed by atoms with Gasteiger partial charge >= 0.3 is 5.69 Å². The van der Waals surface area contributed by atoms with Gasteiger partial charge in [-0.05, 0) is 25.0 Å². The molecule has 0 atom stereocenters. The van der Waals surface area contributed by atoms with E-state index >= 15 is 0 Å². The van der Waals surface area contributed by atoms with E-state index in [2.05, 4.69) is 0 Å². The molecule has 1 rings (SSSR count). The predicted molar refractivity (Wildman–Crippen MR) is 69.5 cm³/mol. The molecule has 104 valence electrons. The number of hydrogen-bond donors (Lipinski definition) is 0. The maximum Gasteiger partial charge on any atom is 0.304 e. The Kier molecular flexibility index (Phi) is 4.97. The normalized spacial score (nSPS) is 10.6. The van der Waals surface area contributed by atoms with Crippen LogP contribution in [0.5, 0.6) is 0 Å². The molecule has 0 heterocycles. The second-order valence-corrected chi connectivity index (χ2v) is 4.31. The fraction of sp³-hybridized carbons (Fsp3) is 0.462. The fourth-order valence-corrected chi connectivity index (χ4v) is 1.99. The Hall–Kier alpha value is -1.98. The van der Waals surface area contributed by atoms with Gasteiger partial charge in [0.1, 0.15) is 0 Å². The number of hydrogen-bond acceptors (Lipinski definition) is 3. The van der Waals surface area contributed by atoms with Gasteiger partial charge in [-0.3, -0.25) is 14.9 Å². The van der Waals surface area contributed by atoms with E-state index in [4.69, 9.17) is 0 Å². The number of nitro benzene ring substituents is 1. The summed E-state index contributed by atoms with van der Waals surface area (Å²) in [6, 6.07) is 3.29. The molecule has 1 aromatic carbocycles. The van der Waals surface area contributed by atoms with E-state index < -0.39 is 16.4 Å². The molecule has 5 nitrogen and oxygen atoms in total. The van der Waals surface area contributed by atoms with Crippen molar-refractivity contribution in [1.82, 2.24) is 4.90 Å². The standard InChI is InChI=1S/C13H17FN2O3/c1-4-10(5-2)15(3)13(17)9-6-7-12(16(18)19)11(14)8-9/h6-8,10H,4-5H2,1-3H3. The van der Waals surface area contributed by atoms with Crippen LogP contribution in [0.4, 0.5) is 10.1 Å². The molecule has 0 unspecified atom stereocenters. The van der Waals surface area contributed by atoms with Crippen molar-refractivity contribution in [2.24, 2.45) is 0 Å². The number of halogens is 1. The van der Waals surface area contributed by atoms with Gasteiger partial charge in [-0.25, -0.2) is 0 Å². The molecule has 19 heavy (non-hydrogen) atoms. The third kappa shape index (κ3) is 3.27. The summed E-state index contributed by atoms with van der Waals surface area (Å²) in [5, 5.41) is 10.5. The Labute approximate surface area is 111 Å². The van der Waals surface area contributed by atoms with Crippen LogP contribution in [0.25, 0.3) is 0 Å². The first kappa shape index (κ1) is 15.1. The van der Waals surface area contributed by atoms with Gasteiger partial charge in [-0.2, -0.15) is 4.39 Å². The Balaban J connectivity index is 3.01. The highest BCUT2D eigenvalue weighted by Crippen LogP contribution is 2.20. The smallest absolute Gasteiger partial charge is 0.304 e. The number of rotatable bonds is 5. The highest BCUT2D eigenvalue weighted by Gasteiger charge is 2.21. The van der Waals surface area contributed by atoms with Crippen molar-refractivity contribution in [3.8, 4) is 0 Å². The molecule has 0 saturated heterocycles. The first-order valence-corrected chi connectivity index (χ1v) is 6.13. The second-order valence-electron chi connectivity index (χ2n) is 4.31. The minimum absolute atomic E-state index is 0.0748. The van der Waals surface area contributed by atoms with Crippen LogP contribution in [0.2, 0.25) is 0 Å². The van der Waals surface area contributed by atoms with Gasteiger partial charge < -0.3 is 4.90 Å². The summed E-state index contributed by atoms with van der Waals surface area (Å²) in [6.45, 7) is 3.93. The van der Waals surface area contributed by atoms with Crippen LogP contribution < -0.4 is 0 Å². The summed E-state index contributed by atoms with van der Waals surface area (Å²) >= 11 is 0. The number of nitro groups is 1. The Morgan fingerprint density at radius 1 is 1.42 bits per heavy atom. The lowest BCUT2D eigenvalue weighted by atomic mass is 10.1. The zero-order chi connectivity index (χ0) is 14.6. The average molecular weight is 268 g/mol. The molecule has 0 radical (unpaired) electrons. The lowest BCUT2D eigenvalue weighted by Crippen LogP contribution is -2.36. The van der Waals surface area contributed by atoms with Gasteiger partial charge in [-0.15, -0.1) is 0 Å². The van der Waals surface area contributed by atoms with Gasteiger partial charge in [0.2, 0.25) is 5.82 Å². The van der Waals surface area contributed by atoms with Crippen LogP contribution in [0.3, 0.4) is 0 Å². The summed E-state index contributed by atoms with van der Waals surface area (Å²) in [5.74, 6) is -1.32. The van der Waals surface area contributed by atoms with Crippen molar-refractivity contribution < 1.29 is 14.1 Å². The van der Waals surface area contributed by atoms with Crippen LogP contribution >= 0.6 is 0 Å². The Morgan fingerprint density at radius 2 is 2.00 bits per heavy atom. The molecule has 1 amide bonds. The Bertz CT molecular complexity index is 487. The van der Waals surface area contributed by atoms with Gasteiger partial charge in [0.25, 0.3) is 5.91 Å².